The van der Waals surface area contributed by atoms with Gasteiger partial charge in [-0.05, 0) is 19.4 Å². The zero-order valence-corrected chi connectivity index (χ0v) is 12.1. The monoisotopic (exact) mass is 303 g/mol. The smallest absolute Gasteiger partial charge is 0.167 e. The van der Waals surface area contributed by atoms with Crippen LogP contribution in [0.25, 0.3) is 0 Å². The molecule has 0 saturated carbocycles. The summed E-state index contributed by atoms with van der Waals surface area (Å²) in [5, 5.41) is 9.98. The number of aliphatic hydroxyl groups excluding tert-OH is 1. The third-order valence-corrected chi connectivity index (χ3v) is 4.01. The van der Waals surface area contributed by atoms with E-state index in [0.29, 0.717) is 17.1 Å². The first-order valence-corrected chi connectivity index (χ1v) is 6.07. The Morgan fingerprint density at radius 1 is 1.18 bits per heavy atom. The standard InChI is InChI=1S/C12H18BrNO3/c1-6-9(8(15)5-14)12(17-4)11(16-3)7(2)10(6)13/h8,15H,5,14H2,1-4H3. The Morgan fingerprint density at radius 2 is 1.71 bits per heavy atom. The Bertz CT molecular complexity index is 421. The van der Waals surface area contributed by atoms with E-state index in [-0.39, 0.29) is 6.54 Å². The molecule has 0 spiro atoms. The molecule has 0 aliphatic carbocycles. The van der Waals surface area contributed by atoms with Crippen molar-refractivity contribution in [3.05, 3.63) is 21.2 Å². The maximum Gasteiger partial charge on any atom is 0.167 e. The molecular weight excluding hydrogens is 286 g/mol. The molecule has 17 heavy (non-hydrogen) atoms. The van der Waals surface area contributed by atoms with E-state index in [9.17, 15) is 5.11 Å². The lowest BCUT2D eigenvalue weighted by Gasteiger charge is -2.22. The van der Waals surface area contributed by atoms with E-state index >= 15 is 0 Å². The first kappa shape index (κ1) is 14.3. The molecule has 0 radical (unpaired) electrons. The van der Waals surface area contributed by atoms with Crippen LogP contribution in [0.2, 0.25) is 0 Å². The second-order valence-corrected chi connectivity index (χ2v) is 4.59. The van der Waals surface area contributed by atoms with Crippen LogP contribution >= 0.6 is 15.9 Å². The fraction of sp³-hybridized carbons (Fsp3) is 0.500. The van der Waals surface area contributed by atoms with E-state index in [1.807, 2.05) is 13.8 Å². The van der Waals surface area contributed by atoms with Crippen LogP contribution in [0.15, 0.2) is 4.47 Å². The molecule has 0 saturated heterocycles. The second kappa shape index (κ2) is 5.71. The van der Waals surface area contributed by atoms with Crippen LogP contribution in [-0.4, -0.2) is 25.9 Å². The minimum atomic E-state index is -0.768. The Labute approximate surface area is 110 Å². The second-order valence-electron chi connectivity index (χ2n) is 3.80. The van der Waals surface area contributed by atoms with Crippen LogP contribution in [0.5, 0.6) is 11.5 Å². The summed E-state index contributed by atoms with van der Waals surface area (Å²) >= 11 is 3.49. The molecule has 3 N–H and O–H groups in total. The number of rotatable bonds is 4. The van der Waals surface area contributed by atoms with Crippen LogP contribution in [0, 0.1) is 13.8 Å². The summed E-state index contributed by atoms with van der Waals surface area (Å²) < 4.78 is 11.6. The fourth-order valence-electron chi connectivity index (χ4n) is 1.93. The molecule has 96 valence electrons. The highest BCUT2D eigenvalue weighted by molar-refractivity contribution is 9.10. The first-order chi connectivity index (χ1) is 7.99. The summed E-state index contributed by atoms with van der Waals surface area (Å²) in [7, 11) is 3.13. The first-order valence-electron chi connectivity index (χ1n) is 5.28. The molecule has 1 aromatic carbocycles. The molecule has 0 bridgehead atoms. The quantitative estimate of drug-likeness (QED) is 0.894. The summed E-state index contributed by atoms with van der Waals surface area (Å²) in [4.78, 5) is 0. The van der Waals surface area contributed by atoms with E-state index in [1.165, 1.54) is 0 Å². The summed E-state index contributed by atoms with van der Waals surface area (Å²) in [5.74, 6) is 1.16. The van der Waals surface area contributed by atoms with Crippen LogP contribution in [0.1, 0.15) is 22.8 Å². The van der Waals surface area contributed by atoms with Crippen molar-refractivity contribution in [3.63, 3.8) is 0 Å². The van der Waals surface area contributed by atoms with Gasteiger partial charge < -0.3 is 20.3 Å². The predicted octanol–water partition coefficient (Wildman–Crippen LogP) is 2.08. The van der Waals surface area contributed by atoms with Gasteiger partial charge in [-0.25, -0.2) is 0 Å². The maximum atomic E-state index is 9.98. The average molecular weight is 304 g/mol. The summed E-state index contributed by atoms with van der Waals surface area (Å²) in [5.41, 5.74) is 8.04. The predicted molar refractivity (Wildman–Crippen MR) is 70.7 cm³/mol. The van der Waals surface area contributed by atoms with Gasteiger partial charge in [-0.15, -0.1) is 0 Å². The molecule has 0 heterocycles. The number of nitrogens with two attached hydrogens (primary N) is 1. The van der Waals surface area contributed by atoms with Crippen LogP contribution < -0.4 is 15.2 Å². The van der Waals surface area contributed by atoms with Crippen LogP contribution in [-0.2, 0) is 0 Å². The highest BCUT2D eigenvalue weighted by Crippen LogP contribution is 2.44. The molecule has 0 aromatic heterocycles. The SMILES string of the molecule is COc1c(C)c(Br)c(C)c(C(O)CN)c1OC. The van der Waals surface area contributed by atoms with Crippen LogP contribution in [0.3, 0.4) is 0 Å². The lowest BCUT2D eigenvalue weighted by molar-refractivity contribution is 0.180. The Balaban J connectivity index is 3.61. The molecule has 0 fully saturated rings. The zero-order chi connectivity index (χ0) is 13.2. The third-order valence-electron chi connectivity index (χ3n) is 2.82. The molecule has 1 aromatic rings. The number of ether oxygens (including phenoxy) is 2. The Morgan fingerprint density at radius 3 is 2.12 bits per heavy atom. The summed E-state index contributed by atoms with van der Waals surface area (Å²) in [6.07, 6.45) is -0.768. The topological polar surface area (TPSA) is 64.7 Å². The number of benzene rings is 1. The third kappa shape index (κ3) is 2.41. The van der Waals surface area contributed by atoms with Gasteiger partial charge in [0.05, 0.1) is 20.3 Å². The number of aliphatic hydroxyl groups is 1. The van der Waals surface area contributed by atoms with Crippen molar-refractivity contribution < 1.29 is 14.6 Å². The van der Waals surface area contributed by atoms with Crippen molar-refractivity contribution in [1.82, 2.24) is 0 Å². The van der Waals surface area contributed by atoms with Gasteiger partial charge in [0.25, 0.3) is 0 Å². The number of hydrogen-bond acceptors (Lipinski definition) is 4. The normalized spacial score (nSPS) is 12.4. The number of methoxy groups -OCH3 is 2. The van der Waals surface area contributed by atoms with Gasteiger partial charge in [-0.3, -0.25) is 0 Å². The zero-order valence-electron chi connectivity index (χ0n) is 10.5. The van der Waals surface area contributed by atoms with E-state index in [1.54, 1.807) is 14.2 Å². The lowest BCUT2D eigenvalue weighted by atomic mass is 9.98. The molecule has 0 amide bonds. The molecule has 1 rings (SSSR count). The summed E-state index contributed by atoms with van der Waals surface area (Å²) in [6, 6.07) is 0. The number of hydrogen-bond donors (Lipinski definition) is 2. The molecule has 1 atom stereocenters. The van der Waals surface area contributed by atoms with E-state index < -0.39 is 6.10 Å². The minimum absolute atomic E-state index is 0.135. The highest BCUT2D eigenvalue weighted by Gasteiger charge is 2.23. The average Bonchev–Trinajstić information content (AvgIpc) is 2.34. The van der Waals surface area contributed by atoms with Gasteiger partial charge in [0.2, 0.25) is 0 Å². The molecule has 0 aliphatic heterocycles. The number of halogens is 1. The molecule has 5 heteroatoms. The van der Waals surface area contributed by atoms with Gasteiger partial charge in [-0.2, -0.15) is 0 Å². The van der Waals surface area contributed by atoms with E-state index in [4.69, 9.17) is 15.2 Å². The van der Waals surface area contributed by atoms with Crippen molar-refractivity contribution in [2.45, 2.75) is 20.0 Å². The summed E-state index contributed by atoms with van der Waals surface area (Å²) in [6.45, 7) is 3.97. The van der Waals surface area contributed by atoms with Gasteiger partial charge >= 0.3 is 0 Å². The molecular formula is C12H18BrNO3. The molecule has 4 nitrogen and oxygen atoms in total. The van der Waals surface area contributed by atoms with E-state index in [2.05, 4.69) is 15.9 Å². The Hall–Kier alpha value is -0.780. The van der Waals surface area contributed by atoms with Crippen molar-refractivity contribution >= 4 is 15.9 Å². The lowest BCUT2D eigenvalue weighted by Crippen LogP contribution is -2.15. The van der Waals surface area contributed by atoms with Gasteiger partial charge in [0, 0.05) is 22.1 Å². The molecule has 1 unspecified atom stereocenters. The molecule has 0 aliphatic rings. The highest BCUT2D eigenvalue weighted by atomic mass is 79.9. The minimum Gasteiger partial charge on any atom is -0.493 e. The van der Waals surface area contributed by atoms with Gasteiger partial charge in [0.1, 0.15) is 0 Å². The van der Waals surface area contributed by atoms with Gasteiger partial charge in [0.15, 0.2) is 11.5 Å². The van der Waals surface area contributed by atoms with Gasteiger partial charge in [-0.1, -0.05) is 15.9 Å². The fourth-order valence-corrected chi connectivity index (χ4v) is 2.32. The van der Waals surface area contributed by atoms with Crippen molar-refractivity contribution in [3.8, 4) is 11.5 Å². The van der Waals surface area contributed by atoms with Crippen molar-refractivity contribution in [2.24, 2.45) is 5.73 Å². The van der Waals surface area contributed by atoms with E-state index in [0.717, 1.165) is 15.6 Å². The van der Waals surface area contributed by atoms with Crippen LogP contribution in [0.4, 0.5) is 0 Å². The van der Waals surface area contributed by atoms with Crippen molar-refractivity contribution in [1.29, 1.82) is 0 Å². The Kier molecular flexibility index (Phi) is 4.80. The van der Waals surface area contributed by atoms with Crippen molar-refractivity contribution in [2.75, 3.05) is 20.8 Å². The largest absolute Gasteiger partial charge is 0.493 e. The maximum absolute atomic E-state index is 9.98.